The Morgan fingerprint density at radius 3 is 2.56 bits per heavy atom. The summed E-state index contributed by atoms with van der Waals surface area (Å²) in [6.07, 6.45) is 0.945. The molecule has 1 fully saturated rings. The Labute approximate surface area is 194 Å². The summed E-state index contributed by atoms with van der Waals surface area (Å²) < 4.78 is 53.1. The summed E-state index contributed by atoms with van der Waals surface area (Å²) in [6, 6.07) is 7.85. The third-order valence-corrected chi connectivity index (χ3v) is 5.99. The second-order valence-electron chi connectivity index (χ2n) is 8.23. The number of piperidine rings is 1. The van der Waals surface area contributed by atoms with Gasteiger partial charge in [-0.2, -0.15) is 13.2 Å². The van der Waals surface area contributed by atoms with Gasteiger partial charge < -0.3 is 10.2 Å². The van der Waals surface area contributed by atoms with Crippen molar-refractivity contribution in [2.75, 3.05) is 18.4 Å². The number of halogens is 4. The van der Waals surface area contributed by atoms with E-state index in [1.165, 1.54) is 30.6 Å². The number of carbonyl (C=O) groups excluding carboxylic acids is 1. The SMILES string of the molecule is C[C@@H]1CCCN(C(=O)c2cccc(F)c2-c2ncccn2)C1CNc1ccc(C(F)(F)F)cn1. The minimum atomic E-state index is -4.46. The Bertz CT molecular complexity index is 1140. The van der Waals surface area contributed by atoms with Crippen molar-refractivity contribution in [3.8, 4) is 11.4 Å². The van der Waals surface area contributed by atoms with Gasteiger partial charge in [-0.1, -0.05) is 13.0 Å². The molecule has 10 heteroatoms. The number of rotatable bonds is 5. The van der Waals surface area contributed by atoms with E-state index < -0.39 is 17.6 Å². The smallest absolute Gasteiger partial charge is 0.368 e. The summed E-state index contributed by atoms with van der Waals surface area (Å²) in [6.45, 7) is 2.78. The zero-order valence-corrected chi connectivity index (χ0v) is 18.4. The molecule has 178 valence electrons. The minimum absolute atomic E-state index is 0.0439. The normalized spacial score (nSPS) is 18.6. The molecule has 4 rings (SSSR count). The number of alkyl halides is 3. The van der Waals surface area contributed by atoms with Gasteiger partial charge in [0.15, 0.2) is 5.82 Å². The fourth-order valence-electron chi connectivity index (χ4n) is 4.20. The van der Waals surface area contributed by atoms with E-state index in [0.717, 1.165) is 25.1 Å². The predicted molar refractivity (Wildman–Crippen MR) is 118 cm³/mol. The van der Waals surface area contributed by atoms with E-state index in [4.69, 9.17) is 0 Å². The van der Waals surface area contributed by atoms with E-state index in [9.17, 15) is 22.4 Å². The Hall–Kier alpha value is -3.56. The summed E-state index contributed by atoms with van der Waals surface area (Å²) in [7, 11) is 0. The predicted octanol–water partition coefficient (Wildman–Crippen LogP) is 5.05. The molecule has 0 saturated carbocycles. The molecule has 0 bridgehead atoms. The molecule has 1 aliphatic rings. The number of nitrogens with zero attached hydrogens (tertiary/aromatic N) is 4. The highest BCUT2D eigenvalue weighted by atomic mass is 19.4. The lowest BCUT2D eigenvalue weighted by molar-refractivity contribution is -0.137. The van der Waals surface area contributed by atoms with Gasteiger partial charge in [-0.25, -0.2) is 19.3 Å². The first-order chi connectivity index (χ1) is 16.3. The van der Waals surface area contributed by atoms with Crippen LogP contribution in [-0.2, 0) is 6.18 Å². The molecule has 0 radical (unpaired) electrons. The molecule has 2 atom stereocenters. The molecule has 1 unspecified atom stereocenters. The molecule has 6 nitrogen and oxygen atoms in total. The van der Waals surface area contributed by atoms with E-state index >= 15 is 0 Å². The first-order valence-electron chi connectivity index (χ1n) is 10.9. The summed E-state index contributed by atoms with van der Waals surface area (Å²) in [5, 5.41) is 3.05. The maximum absolute atomic E-state index is 14.8. The van der Waals surface area contributed by atoms with Crippen LogP contribution >= 0.6 is 0 Å². The zero-order valence-electron chi connectivity index (χ0n) is 18.4. The van der Waals surface area contributed by atoms with Crippen LogP contribution in [-0.4, -0.2) is 44.9 Å². The van der Waals surface area contributed by atoms with Crippen molar-refractivity contribution in [3.63, 3.8) is 0 Å². The monoisotopic (exact) mass is 473 g/mol. The number of amides is 1. The number of hydrogen-bond acceptors (Lipinski definition) is 5. The molecule has 2 aromatic heterocycles. The molecule has 3 aromatic rings. The third kappa shape index (κ3) is 5.00. The van der Waals surface area contributed by atoms with Gasteiger partial charge in [0.05, 0.1) is 22.7 Å². The molecule has 1 amide bonds. The Morgan fingerprint density at radius 2 is 1.88 bits per heavy atom. The zero-order chi connectivity index (χ0) is 24.3. The second-order valence-corrected chi connectivity index (χ2v) is 8.23. The van der Waals surface area contributed by atoms with Crippen LogP contribution in [0.25, 0.3) is 11.4 Å². The van der Waals surface area contributed by atoms with Crippen LogP contribution in [0, 0.1) is 11.7 Å². The molecule has 1 saturated heterocycles. The van der Waals surface area contributed by atoms with Crippen molar-refractivity contribution < 1.29 is 22.4 Å². The van der Waals surface area contributed by atoms with Crippen molar-refractivity contribution in [1.29, 1.82) is 0 Å². The average Bonchev–Trinajstić information content (AvgIpc) is 2.83. The van der Waals surface area contributed by atoms with Crippen LogP contribution in [0.4, 0.5) is 23.4 Å². The largest absolute Gasteiger partial charge is 0.417 e. The van der Waals surface area contributed by atoms with Crippen LogP contribution in [0.2, 0.25) is 0 Å². The van der Waals surface area contributed by atoms with Crippen molar-refractivity contribution in [3.05, 3.63) is 71.9 Å². The minimum Gasteiger partial charge on any atom is -0.368 e. The summed E-state index contributed by atoms with van der Waals surface area (Å²) in [5.74, 6) is -0.420. The lowest BCUT2D eigenvalue weighted by atomic mass is 9.89. The van der Waals surface area contributed by atoms with Crippen molar-refractivity contribution >= 4 is 11.7 Å². The standard InChI is InChI=1S/C24H23F4N5O/c1-15-5-3-12-33(19(15)14-32-20-9-8-16(13-31-20)24(26,27)28)23(34)17-6-2-7-18(25)21(17)22-29-10-4-11-30-22/h2,4,6-11,13,15,19H,3,5,12,14H2,1H3,(H,31,32)/t15-,19?/m1/s1. The van der Waals surface area contributed by atoms with E-state index in [1.807, 2.05) is 6.92 Å². The number of benzene rings is 1. The van der Waals surface area contributed by atoms with Gasteiger partial charge in [0, 0.05) is 31.7 Å². The highest BCUT2D eigenvalue weighted by molar-refractivity contribution is 6.00. The van der Waals surface area contributed by atoms with Gasteiger partial charge in [0.1, 0.15) is 11.6 Å². The van der Waals surface area contributed by atoms with E-state index in [1.54, 1.807) is 17.0 Å². The van der Waals surface area contributed by atoms with E-state index in [2.05, 4.69) is 20.3 Å². The molecular formula is C24H23F4N5O. The number of nitrogens with one attached hydrogen (secondary N) is 1. The van der Waals surface area contributed by atoms with Crippen molar-refractivity contribution in [2.24, 2.45) is 5.92 Å². The fourth-order valence-corrected chi connectivity index (χ4v) is 4.20. The first kappa shape index (κ1) is 23.6. The van der Waals surface area contributed by atoms with Gasteiger partial charge in [-0.05, 0) is 49.1 Å². The highest BCUT2D eigenvalue weighted by Gasteiger charge is 2.34. The number of anilines is 1. The maximum Gasteiger partial charge on any atom is 0.417 e. The number of carbonyl (C=O) groups is 1. The van der Waals surface area contributed by atoms with Crippen LogP contribution < -0.4 is 5.32 Å². The average molecular weight is 473 g/mol. The lowest BCUT2D eigenvalue weighted by Gasteiger charge is -2.40. The summed E-state index contributed by atoms with van der Waals surface area (Å²) in [5.41, 5.74) is -0.622. The van der Waals surface area contributed by atoms with Gasteiger partial charge in [-0.15, -0.1) is 0 Å². The lowest BCUT2D eigenvalue weighted by Crippen LogP contribution is -2.51. The van der Waals surface area contributed by atoms with Crippen LogP contribution in [0.3, 0.4) is 0 Å². The molecule has 1 aromatic carbocycles. The quantitative estimate of drug-likeness (QED) is 0.525. The number of pyridine rings is 1. The maximum atomic E-state index is 14.8. The van der Waals surface area contributed by atoms with Crippen molar-refractivity contribution in [2.45, 2.75) is 32.0 Å². The van der Waals surface area contributed by atoms with Gasteiger partial charge in [0.2, 0.25) is 0 Å². The Balaban J connectivity index is 1.57. The molecule has 1 N–H and O–H groups in total. The second kappa shape index (κ2) is 9.74. The van der Waals surface area contributed by atoms with Crippen LogP contribution in [0.15, 0.2) is 55.0 Å². The number of hydrogen-bond donors (Lipinski definition) is 1. The van der Waals surface area contributed by atoms with Gasteiger partial charge in [-0.3, -0.25) is 4.79 Å². The molecule has 34 heavy (non-hydrogen) atoms. The molecule has 1 aliphatic heterocycles. The van der Waals surface area contributed by atoms with Gasteiger partial charge >= 0.3 is 6.18 Å². The van der Waals surface area contributed by atoms with E-state index in [0.29, 0.717) is 6.54 Å². The van der Waals surface area contributed by atoms with Gasteiger partial charge in [0.25, 0.3) is 5.91 Å². The molecule has 0 aliphatic carbocycles. The van der Waals surface area contributed by atoms with Crippen LogP contribution in [0.5, 0.6) is 0 Å². The van der Waals surface area contributed by atoms with Crippen LogP contribution in [0.1, 0.15) is 35.7 Å². The Kier molecular flexibility index (Phi) is 6.76. The summed E-state index contributed by atoms with van der Waals surface area (Å²) >= 11 is 0. The first-order valence-corrected chi connectivity index (χ1v) is 10.9. The molecule has 0 spiro atoms. The Morgan fingerprint density at radius 1 is 1.12 bits per heavy atom. The molecular weight excluding hydrogens is 450 g/mol. The topological polar surface area (TPSA) is 71.0 Å². The summed E-state index contributed by atoms with van der Waals surface area (Å²) in [4.78, 5) is 27.4. The van der Waals surface area contributed by atoms with Crippen molar-refractivity contribution in [1.82, 2.24) is 19.9 Å². The third-order valence-electron chi connectivity index (χ3n) is 5.99. The highest BCUT2D eigenvalue weighted by Crippen LogP contribution is 2.31. The van der Waals surface area contributed by atoms with E-state index in [-0.39, 0.29) is 47.2 Å². The number of aromatic nitrogens is 3. The fraction of sp³-hybridized carbons (Fsp3) is 0.333. The number of likely N-dealkylation sites (tertiary alicyclic amines) is 1. The molecule has 3 heterocycles.